The van der Waals surface area contributed by atoms with Crippen molar-refractivity contribution in [3.8, 4) is 0 Å². The number of nitrogens with two attached hydrogens (primary N) is 1. The second-order valence-electron chi connectivity index (χ2n) is 3.65. The van der Waals surface area contributed by atoms with Gasteiger partial charge >= 0.3 is 0 Å². The summed E-state index contributed by atoms with van der Waals surface area (Å²) in [5.74, 6) is 0.327. The maximum Gasteiger partial charge on any atom is 0.279 e. The van der Waals surface area contributed by atoms with E-state index in [0.29, 0.717) is 32.1 Å². The van der Waals surface area contributed by atoms with E-state index in [2.05, 4.69) is 4.72 Å². The highest BCUT2D eigenvalue weighted by atomic mass is 32.2. The number of nitrogens with zero attached hydrogens (tertiary/aromatic N) is 1. The highest BCUT2D eigenvalue weighted by Gasteiger charge is 2.29. The van der Waals surface area contributed by atoms with Gasteiger partial charge in [0.2, 0.25) is 0 Å². The minimum absolute atomic E-state index is 0.327. The zero-order valence-corrected chi connectivity index (χ0v) is 9.39. The summed E-state index contributed by atoms with van der Waals surface area (Å²) in [4.78, 5) is 0. The van der Waals surface area contributed by atoms with Crippen LogP contribution < -0.4 is 10.5 Å². The molecule has 0 aromatic rings. The maximum absolute atomic E-state index is 11.6. The molecular weight excluding hydrogens is 202 g/mol. The molecule has 1 fully saturated rings. The SMILES string of the molecule is CCCNS(=O)(=O)N1CCC(CN)C1. The fourth-order valence-electron chi connectivity index (χ4n) is 1.53. The molecule has 0 aromatic carbocycles. The number of rotatable bonds is 5. The first kappa shape index (κ1) is 11.9. The van der Waals surface area contributed by atoms with Crippen molar-refractivity contribution < 1.29 is 8.42 Å². The molecule has 3 N–H and O–H groups in total. The largest absolute Gasteiger partial charge is 0.330 e. The van der Waals surface area contributed by atoms with Gasteiger partial charge in [-0.25, -0.2) is 4.72 Å². The Kier molecular flexibility index (Phi) is 4.31. The molecule has 1 aliphatic heterocycles. The van der Waals surface area contributed by atoms with Gasteiger partial charge < -0.3 is 5.73 Å². The topological polar surface area (TPSA) is 75.4 Å². The van der Waals surface area contributed by atoms with Crippen LogP contribution in [0.3, 0.4) is 0 Å². The molecule has 1 saturated heterocycles. The molecule has 1 rings (SSSR count). The third-order valence-corrected chi connectivity index (χ3v) is 4.04. The second-order valence-corrected chi connectivity index (χ2v) is 5.40. The van der Waals surface area contributed by atoms with E-state index >= 15 is 0 Å². The lowest BCUT2D eigenvalue weighted by atomic mass is 10.1. The fraction of sp³-hybridized carbons (Fsp3) is 1.00. The minimum Gasteiger partial charge on any atom is -0.330 e. The Labute approximate surface area is 85.8 Å². The van der Waals surface area contributed by atoms with Crippen molar-refractivity contribution >= 4 is 10.2 Å². The van der Waals surface area contributed by atoms with Crippen molar-refractivity contribution in [1.82, 2.24) is 9.03 Å². The summed E-state index contributed by atoms with van der Waals surface area (Å²) in [6, 6.07) is 0. The lowest BCUT2D eigenvalue weighted by Gasteiger charge is -2.16. The van der Waals surface area contributed by atoms with Gasteiger partial charge in [0.25, 0.3) is 10.2 Å². The first-order valence-corrected chi connectivity index (χ1v) is 6.49. The lowest BCUT2D eigenvalue weighted by Crippen LogP contribution is -2.40. The van der Waals surface area contributed by atoms with Crippen LogP contribution in [0.25, 0.3) is 0 Å². The zero-order valence-electron chi connectivity index (χ0n) is 8.57. The third kappa shape index (κ3) is 2.91. The van der Waals surface area contributed by atoms with Gasteiger partial charge in [0.05, 0.1) is 0 Å². The number of nitrogens with one attached hydrogen (secondary N) is 1. The van der Waals surface area contributed by atoms with Crippen LogP contribution in [-0.4, -0.2) is 38.9 Å². The molecule has 1 atom stereocenters. The summed E-state index contributed by atoms with van der Waals surface area (Å²) in [6.45, 7) is 4.18. The van der Waals surface area contributed by atoms with E-state index in [-0.39, 0.29) is 0 Å². The summed E-state index contributed by atoms with van der Waals surface area (Å²) in [6.07, 6.45) is 1.69. The van der Waals surface area contributed by atoms with Crippen molar-refractivity contribution in [2.75, 3.05) is 26.2 Å². The van der Waals surface area contributed by atoms with Crippen LogP contribution in [0.15, 0.2) is 0 Å². The van der Waals surface area contributed by atoms with Gasteiger partial charge in [0, 0.05) is 19.6 Å². The first-order valence-electron chi connectivity index (χ1n) is 5.05. The average Bonchev–Trinajstić information content (AvgIpc) is 2.63. The summed E-state index contributed by atoms with van der Waals surface area (Å²) >= 11 is 0. The highest BCUT2D eigenvalue weighted by molar-refractivity contribution is 7.87. The van der Waals surface area contributed by atoms with Crippen molar-refractivity contribution in [1.29, 1.82) is 0 Å². The average molecular weight is 221 g/mol. The Hall–Kier alpha value is -0.170. The fourth-order valence-corrected chi connectivity index (χ4v) is 2.93. The molecule has 0 radical (unpaired) electrons. The van der Waals surface area contributed by atoms with Gasteiger partial charge in [-0.3, -0.25) is 0 Å². The van der Waals surface area contributed by atoms with Crippen molar-refractivity contribution in [2.24, 2.45) is 11.7 Å². The Morgan fingerprint density at radius 2 is 2.29 bits per heavy atom. The van der Waals surface area contributed by atoms with Gasteiger partial charge in [0.15, 0.2) is 0 Å². The molecule has 0 amide bonds. The Morgan fingerprint density at radius 3 is 2.79 bits per heavy atom. The summed E-state index contributed by atoms with van der Waals surface area (Å²) in [7, 11) is -3.24. The van der Waals surface area contributed by atoms with Gasteiger partial charge in [-0.1, -0.05) is 6.92 Å². The predicted octanol–water partition coefficient (Wildman–Crippen LogP) is -0.489. The normalized spacial score (nSPS) is 24.3. The summed E-state index contributed by atoms with van der Waals surface area (Å²) < 4.78 is 27.3. The van der Waals surface area contributed by atoms with Crippen LogP contribution >= 0.6 is 0 Å². The molecular formula is C8H19N3O2S. The van der Waals surface area contributed by atoms with Gasteiger partial charge in [-0.15, -0.1) is 0 Å². The van der Waals surface area contributed by atoms with Crippen LogP contribution in [0.4, 0.5) is 0 Å². The Morgan fingerprint density at radius 1 is 1.57 bits per heavy atom. The summed E-state index contributed by atoms with van der Waals surface area (Å²) in [5, 5.41) is 0. The Balaban J connectivity index is 2.49. The van der Waals surface area contributed by atoms with Crippen LogP contribution in [-0.2, 0) is 10.2 Å². The summed E-state index contributed by atoms with van der Waals surface area (Å²) in [5.41, 5.74) is 5.50. The number of hydrogen-bond donors (Lipinski definition) is 2. The van der Waals surface area contributed by atoms with Crippen molar-refractivity contribution in [3.05, 3.63) is 0 Å². The molecule has 84 valence electrons. The molecule has 0 bridgehead atoms. The van der Waals surface area contributed by atoms with E-state index in [4.69, 9.17) is 5.73 Å². The monoisotopic (exact) mass is 221 g/mol. The van der Waals surface area contributed by atoms with E-state index in [1.54, 1.807) is 0 Å². The van der Waals surface area contributed by atoms with E-state index in [9.17, 15) is 8.42 Å². The van der Waals surface area contributed by atoms with Crippen molar-refractivity contribution in [2.45, 2.75) is 19.8 Å². The molecule has 0 aliphatic carbocycles. The van der Waals surface area contributed by atoms with Crippen LogP contribution in [0.1, 0.15) is 19.8 Å². The van der Waals surface area contributed by atoms with E-state index in [0.717, 1.165) is 12.8 Å². The molecule has 14 heavy (non-hydrogen) atoms. The van der Waals surface area contributed by atoms with E-state index < -0.39 is 10.2 Å². The molecule has 5 nitrogen and oxygen atoms in total. The van der Waals surface area contributed by atoms with Gasteiger partial charge in [-0.2, -0.15) is 12.7 Å². The quantitative estimate of drug-likeness (QED) is 0.658. The lowest BCUT2D eigenvalue weighted by molar-refractivity contribution is 0.448. The minimum atomic E-state index is -3.24. The smallest absolute Gasteiger partial charge is 0.279 e. The molecule has 1 unspecified atom stereocenters. The molecule has 0 aromatic heterocycles. The Bertz CT molecular complexity index is 266. The molecule has 6 heteroatoms. The second kappa shape index (κ2) is 5.06. The molecule has 0 saturated carbocycles. The van der Waals surface area contributed by atoms with E-state index in [1.165, 1.54) is 4.31 Å². The molecule has 1 heterocycles. The van der Waals surface area contributed by atoms with Gasteiger partial charge in [-0.05, 0) is 25.3 Å². The van der Waals surface area contributed by atoms with Crippen LogP contribution in [0, 0.1) is 5.92 Å². The molecule has 1 aliphatic rings. The standard InChI is InChI=1S/C8H19N3O2S/c1-2-4-10-14(12,13)11-5-3-8(6-9)7-11/h8,10H,2-7,9H2,1H3. The van der Waals surface area contributed by atoms with Gasteiger partial charge in [0.1, 0.15) is 0 Å². The van der Waals surface area contributed by atoms with Crippen molar-refractivity contribution in [3.63, 3.8) is 0 Å². The predicted molar refractivity (Wildman–Crippen MR) is 55.9 cm³/mol. The van der Waals surface area contributed by atoms with Crippen LogP contribution in [0.5, 0.6) is 0 Å². The maximum atomic E-state index is 11.6. The zero-order chi connectivity index (χ0) is 10.6. The van der Waals surface area contributed by atoms with E-state index in [1.807, 2.05) is 6.92 Å². The highest BCUT2D eigenvalue weighted by Crippen LogP contribution is 2.17. The molecule has 0 spiro atoms. The first-order chi connectivity index (χ1) is 6.60. The third-order valence-electron chi connectivity index (χ3n) is 2.46. The van der Waals surface area contributed by atoms with Crippen LogP contribution in [0.2, 0.25) is 0 Å². The number of hydrogen-bond acceptors (Lipinski definition) is 3.